The number of aliphatic imine (C=N–C) groups is 1. The van der Waals surface area contributed by atoms with Crippen LogP contribution in [0, 0.1) is 0 Å². The van der Waals surface area contributed by atoms with Crippen LogP contribution in [-0.4, -0.2) is 32.3 Å². The van der Waals surface area contributed by atoms with Gasteiger partial charge >= 0.3 is 0 Å². The van der Waals surface area contributed by atoms with Crippen LogP contribution in [0.2, 0.25) is 0 Å². The van der Waals surface area contributed by atoms with E-state index in [2.05, 4.69) is 20.9 Å². The quantitative estimate of drug-likeness (QED) is 0.401. The molecule has 160 valence electrons. The molecule has 0 aliphatic carbocycles. The molecule has 0 fully saturated rings. The Kier molecular flexibility index (Phi) is 6.37. The van der Waals surface area contributed by atoms with Crippen LogP contribution in [0.3, 0.4) is 0 Å². The minimum atomic E-state index is -0.275. The second kappa shape index (κ2) is 9.71. The van der Waals surface area contributed by atoms with E-state index in [0.29, 0.717) is 12.2 Å². The van der Waals surface area contributed by atoms with Crippen molar-refractivity contribution in [3.8, 4) is 11.5 Å². The molecule has 1 aromatic heterocycles. The number of nitrogens with one attached hydrogen (secondary N) is 3. The summed E-state index contributed by atoms with van der Waals surface area (Å²) in [5, 5.41) is 9.40. The number of guanidine groups is 1. The fourth-order valence-corrected chi connectivity index (χ4v) is 3.13. The zero-order chi connectivity index (χ0) is 21.5. The maximum atomic E-state index is 12.0. The SMILES string of the molecule is CN=C(NCCc1ccc2c(c1)OCO2)NCc1ccc(NC(=O)c2ccco2)cc1. The maximum Gasteiger partial charge on any atom is 0.291 e. The highest BCUT2D eigenvalue weighted by Gasteiger charge is 2.13. The molecule has 0 saturated carbocycles. The number of nitrogens with zero attached hydrogens (tertiary/aromatic N) is 1. The molecule has 31 heavy (non-hydrogen) atoms. The normalized spacial score (nSPS) is 12.5. The molecule has 3 aromatic rings. The molecular formula is C23H24N4O4. The molecule has 1 amide bonds. The number of amides is 1. The summed E-state index contributed by atoms with van der Waals surface area (Å²) in [7, 11) is 1.74. The van der Waals surface area contributed by atoms with Crippen LogP contribution in [-0.2, 0) is 13.0 Å². The van der Waals surface area contributed by atoms with E-state index in [1.165, 1.54) is 11.8 Å². The molecule has 8 heteroatoms. The topological polar surface area (TPSA) is 97.1 Å². The fraction of sp³-hybridized carbons (Fsp3) is 0.217. The standard InChI is InChI=1S/C23H24N4O4/c1-24-23(25-11-10-16-6-9-19-21(13-16)31-15-30-19)26-14-17-4-7-18(8-5-17)27-22(28)20-3-2-12-29-20/h2-9,12-13H,10-11,14-15H2,1H3,(H,27,28)(H2,24,25,26). The van der Waals surface area contributed by atoms with Gasteiger partial charge < -0.3 is 29.8 Å². The summed E-state index contributed by atoms with van der Waals surface area (Å²) in [6.45, 7) is 1.62. The molecule has 0 atom stereocenters. The van der Waals surface area contributed by atoms with Gasteiger partial charge in [0, 0.05) is 25.8 Å². The average molecular weight is 420 g/mol. The van der Waals surface area contributed by atoms with Gasteiger partial charge in [0.05, 0.1) is 6.26 Å². The number of carbonyl (C=O) groups is 1. The zero-order valence-corrected chi connectivity index (χ0v) is 17.2. The molecule has 0 bridgehead atoms. The highest BCUT2D eigenvalue weighted by molar-refractivity contribution is 6.02. The van der Waals surface area contributed by atoms with Crippen molar-refractivity contribution in [2.24, 2.45) is 4.99 Å². The molecule has 8 nitrogen and oxygen atoms in total. The zero-order valence-electron chi connectivity index (χ0n) is 17.2. The smallest absolute Gasteiger partial charge is 0.291 e. The van der Waals surface area contributed by atoms with Crippen LogP contribution in [0.4, 0.5) is 5.69 Å². The van der Waals surface area contributed by atoms with Crippen molar-refractivity contribution in [2.45, 2.75) is 13.0 Å². The monoisotopic (exact) mass is 420 g/mol. The van der Waals surface area contributed by atoms with E-state index in [1.807, 2.05) is 42.5 Å². The van der Waals surface area contributed by atoms with Gasteiger partial charge in [0.25, 0.3) is 5.91 Å². The van der Waals surface area contributed by atoms with E-state index in [9.17, 15) is 4.79 Å². The lowest BCUT2D eigenvalue weighted by Crippen LogP contribution is -2.37. The Bertz CT molecular complexity index is 1050. The lowest BCUT2D eigenvalue weighted by Gasteiger charge is -2.12. The Hall–Kier alpha value is -3.94. The predicted molar refractivity (Wildman–Crippen MR) is 118 cm³/mol. The van der Waals surface area contributed by atoms with Crippen molar-refractivity contribution >= 4 is 17.6 Å². The van der Waals surface area contributed by atoms with Crippen molar-refractivity contribution in [1.29, 1.82) is 0 Å². The molecule has 4 rings (SSSR count). The van der Waals surface area contributed by atoms with E-state index in [1.54, 1.807) is 19.2 Å². The first kappa shape index (κ1) is 20.3. The molecule has 1 aliphatic heterocycles. The van der Waals surface area contributed by atoms with Crippen LogP contribution in [0.15, 0.2) is 70.3 Å². The highest BCUT2D eigenvalue weighted by atomic mass is 16.7. The third kappa shape index (κ3) is 5.36. The summed E-state index contributed by atoms with van der Waals surface area (Å²) in [5.41, 5.74) is 2.94. The molecular weight excluding hydrogens is 396 g/mol. The fourth-order valence-electron chi connectivity index (χ4n) is 3.13. The number of fused-ring (bicyclic) bond motifs is 1. The minimum absolute atomic E-state index is 0.275. The number of hydrogen-bond acceptors (Lipinski definition) is 5. The van der Waals surface area contributed by atoms with Gasteiger partial charge in [-0.05, 0) is 53.9 Å². The van der Waals surface area contributed by atoms with E-state index >= 15 is 0 Å². The van der Waals surface area contributed by atoms with Gasteiger partial charge in [-0.1, -0.05) is 18.2 Å². The van der Waals surface area contributed by atoms with Crippen molar-refractivity contribution in [2.75, 3.05) is 25.7 Å². The Balaban J connectivity index is 1.21. The van der Waals surface area contributed by atoms with E-state index in [4.69, 9.17) is 13.9 Å². The minimum Gasteiger partial charge on any atom is -0.459 e. The van der Waals surface area contributed by atoms with Gasteiger partial charge in [0.2, 0.25) is 6.79 Å². The second-order valence-electron chi connectivity index (χ2n) is 6.92. The Morgan fingerprint density at radius 1 is 1.00 bits per heavy atom. The largest absolute Gasteiger partial charge is 0.459 e. The summed E-state index contributed by atoms with van der Waals surface area (Å²) < 4.78 is 15.9. The van der Waals surface area contributed by atoms with E-state index < -0.39 is 0 Å². The second-order valence-corrected chi connectivity index (χ2v) is 6.92. The first-order chi connectivity index (χ1) is 15.2. The number of anilines is 1. The number of carbonyl (C=O) groups excluding carboxylic acids is 1. The first-order valence-electron chi connectivity index (χ1n) is 9.98. The van der Waals surface area contributed by atoms with Crippen molar-refractivity contribution in [1.82, 2.24) is 10.6 Å². The van der Waals surface area contributed by atoms with Gasteiger partial charge in [-0.2, -0.15) is 0 Å². The Morgan fingerprint density at radius 3 is 2.58 bits per heavy atom. The van der Waals surface area contributed by atoms with Gasteiger partial charge in [0.15, 0.2) is 23.2 Å². The molecule has 0 saturated heterocycles. The van der Waals surface area contributed by atoms with Crippen LogP contribution in [0.1, 0.15) is 21.7 Å². The van der Waals surface area contributed by atoms with Crippen LogP contribution in [0.5, 0.6) is 11.5 Å². The number of ether oxygens (including phenoxy) is 2. The van der Waals surface area contributed by atoms with Crippen molar-refractivity contribution in [3.05, 3.63) is 77.7 Å². The molecule has 0 unspecified atom stereocenters. The lowest BCUT2D eigenvalue weighted by molar-refractivity contribution is 0.0996. The maximum absolute atomic E-state index is 12.0. The molecule has 3 N–H and O–H groups in total. The van der Waals surface area contributed by atoms with Gasteiger partial charge in [-0.15, -0.1) is 0 Å². The summed E-state index contributed by atoms with van der Waals surface area (Å²) in [6.07, 6.45) is 2.31. The van der Waals surface area contributed by atoms with Gasteiger partial charge in [-0.3, -0.25) is 9.79 Å². The third-order valence-corrected chi connectivity index (χ3v) is 4.78. The number of benzene rings is 2. The molecule has 0 spiro atoms. The van der Waals surface area contributed by atoms with Crippen LogP contribution in [0.25, 0.3) is 0 Å². The summed E-state index contributed by atoms with van der Waals surface area (Å²) >= 11 is 0. The third-order valence-electron chi connectivity index (χ3n) is 4.78. The summed E-state index contributed by atoms with van der Waals surface area (Å²) in [5.74, 6) is 2.31. The van der Waals surface area contributed by atoms with E-state index in [0.717, 1.165) is 36.0 Å². The van der Waals surface area contributed by atoms with Crippen LogP contribution >= 0.6 is 0 Å². The van der Waals surface area contributed by atoms with Crippen molar-refractivity contribution < 1.29 is 18.7 Å². The molecule has 0 radical (unpaired) electrons. The predicted octanol–water partition coefficient (Wildman–Crippen LogP) is 3.17. The van der Waals surface area contributed by atoms with E-state index in [-0.39, 0.29) is 18.5 Å². The number of furan rings is 1. The Morgan fingerprint density at radius 2 is 1.81 bits per heavy atom. The van der Waals surface area contributed by atoms with Crippen LogP contribution < -0.4 is 25.4 Å². The molecule has 2 heterocycles. The first-order valence-corrected chi connectivity index (χ1v) is 9.98. The summed E-state index contributed by atoms with van der Waals surface area (Å²) in [4.78, 5) is 16.3. The van der Waals surface area contributed by atoms with Gasteiger partial charge in [-0.25, -0.2) is 0 Å². The van der Waals surface area contributed by atoms with Gasteiger partial charge in [0.1, 0.15) is 0 Å². The summed E-state index contributed by atoms with van der Waals surface area (Å²) in [6, 6.07) is 16.9. The lowest BCUT2D eigenvalue weighted by atomic mass is 10.1. The number of hydrogen-bond donors (Lipinski definition) is 3. The van der Waals surface area contributed by atoms with Crippen molar-refractivity contribution in [3.63, 3.8) is 0 Å². The molecule has 1 aliphatic rings. The highest BCUT2D eigenvalue weighted by Crippen LogP contribution is 2.32. The molecule has 2 aromatic carbocycles. The number of rotatable bonds is 7. The Labute approximate surface area is 180 Å². The average Bonchev–Trinajstić information content (AvgIpc) is 3.49.